The molecule has 0 fully saturated rings. The van der Waals surface area contributed by atoms with Crippen LogP contribution >= 0.6 is 15.9 Å². The van der Waals surface area contributed by atoms with E-state index in [4.69, 9.17) is 5.73 Å². The Morgan fingerprint density at radius 3 is 2.71 bits per heavy atom. The molecule has 17 heavy (non-hydrogen) atoms. The molecular weight excluding hydrogens is 287 g/mol. The summed E-state index contributed by atoms with van der Waals surface area (Å²) in [4.78, 5) is 8.12. The molecule has 0 spiro atoms. The lowest BCUT2D eigenvalue weighted by atomic mass is 10.2. The molecule has 88 valence electrons. The molecular formula is C11H10BrFN4. The lowest BCUT2D eigenvalue weighted by Crippen LogP contribution is -2.01. The minimum Gasteiger partial charge on any atom is -0.383 e. The van der Waals surface area contributed by atoms with Crippen LogP contribution in [0.5, 0.6) is 0 Å². The Morgan fingerprint density at radius 1 is 1.29 bits per heavy atom. The highest BCUT2D eigenvalue weighted by molar-refractivity contribution is 9.10. The number of rotatable bonds is 2. The first-order chi connectivity index (χ1) is 8.04. The van der Waals surface area contributed by atoms with Crippen LogP contribution in [-0.4, -0.2) is 9.97 Å². The highest BCUT2D eigenvalue weighted by atomic mass is 79.9. The number of halogens is 2. The molecule has 2 rings (SSSR count). The quantitative estimate of drug-likeness (QED) is 0.836. The molecule has 2 aromatic rings. The maximum atomic E-state index is 13.1. The second-order valence-corrected chi connectivity index (χ2v) is 4.34. The first kappa shape index (κ1) is 11.8. The molecule has 4 nitrogen and oxygen atoms in total. The average molecular weight is 297 g/mol. The van der Waals surface area contributed by atoms with Gasteiger partial charge in [-0.2, -0.15) is 4.98 Å². The Morgan fingerprint density at radius 2 is 2.06 bits per heavy atom. The second-order valence-electron chi connectivity index (χ2n) is 3.53. The van der Waals surface area contributed by atoms with Crippen molar-refractivity contribution in [3.8, 4) is 0 Å². The third-order valence-corrected chi connectivity index (χ3v) is 2.54. The Kier molecular flexibility index (Phi) is 3.23. The summed E-state index contributed by atoms with van der Waals surface area (Å²) in [6, 6.07) is 6.28. The van der Waals surface area contributed by atoms with Gasteiger partial charge in [0.15, 0.2) is 0 Å². The minimum absolute atomic E-state index is 0.245. The largest absolute Gasteiger partial charge is 0.383 e. The van der Waals surface area contributed by atoms with Gasteiger partial charge in [0.25, 0.3) is 0 Å². The van der Waals surface area contributed by atoms with Crippen molar-refractivity contribution in [2.75, 3.05) is 11.1 Å². The fourth-order valence-corrected chi connectivity index (χ4v) is 1.74. The number of benzene rings is 1. The van der Waals surface area contributed by atoms with Crippen LogP contribution in [0.4, 0.5) is 21.8 Å². The highest BCUT2D eigenvalue weighted by Gasteiger charge is 2.03. The van der Waals surface area contributed by atoms with Gasteiger partial charge >= 0.3 is 0 Å². The molecule has 1 aromatic carbocycles. The molecule has 0 atom stereocenters. The number of nitrogens with one attached hydrogen (secondary N) is 1. The summed E-state index contributed by atoms with van der Waals surface area (Å²) in [6.07, 6.45) is 0. The summed E-state index contributed by atoms with van der Waals surface area (Å²) in [5.41, 5.74) is 6.85. The first-order valence-corrected chi connectivity index (χ1v) is 5.67. The van der Waals surface area contributed by atoms with E-state index < -0.39 is 0 Å². The predicted molar refractivity (Wildman–Crippen MR) is 68.6 cm³/mol. The van der Waals surface area contributed by atoms with Crippen molar-refractivity contribution in [1.29, 1.82) is 0 Å². The molecule has 0 unspecified atom stereocenters. The van der Waals surface area contributed by atoms with Crippen LogP contribution < -0.4 is 11.1 Å². The number of hydrogen-bond donors (Lipinski definition) is 2. The van der Waals surface area contributed by atoms with Gasteiger partial charge in [-0.15, -0.1) is 0 Å². The second kappa shape index (κ2) is 4.67. The number of anilines is 3. The van der Waals surface area contributed by atoms with Crippen molar-refractivity contribution in [2.45, 2.75) is 6.92 Å². The molecule has 0 aliphatic rings. The zero-order chi connectivity index (χ0) is 12.4. The third kappa shape index (κ3) is 2.91. The number of hydrogen-bond acceptors (Lipinski definition) is 4. The van der Waals surface area contributed by atoms with E-state index in [1.54, 1.807) is 25.1 Å². The minimum atomic E-state index is -0.245. The summed E-state index contributed by atoms with van der Waals surface area (Å²) in [5.74, 6) is 0.473. The van der Waals surface area contributed by atoms with Gasteiger partial charge in [0, 0.05) is 11.8 Å². The molecule has 0 saturated carbocycles. The molecule has 1 heterocycles. The predicted octanol–water partition coefficient (Wildman–Crippen LogP) is 3.01. The molecule has 0 bridgehead atoms. The van der Waals surface area contributed by atoms with Crippen LogP contribution in [-0.2, 0) is 0 Å². The molecule has 0 aliphatic carbocycles. The van der Waals surface area contributed by atoms with E-state index in [1.165, 1.54) is 6.07 Å². The van der Waals surface area contributed by atoms with Crippen LogP contribution in [0.15, 0.2) is 28.9 Å². The number of nitrogens with zero attached hydrogens (tertiary/aromatic N) is 2. The molecule has 1 aromatic heterocycles. The molecule has 0 saturated heterocycles. The Labute approximate surface area is 106 Å². The van der Waals surface area contributed by atoms with E-state index in [-0.39, 0.29) is 5.82 Å². The van der Waals surface area contributed by atoms with Gasteiger partial charge in [-0.25, -0.2) is 9.37 Å². The summed E-state index contributed by atoms with van der Waals surface area (Å²) in [7, 11) is 0. The smallest absolute Gasteiger partial charge is 0.230 e. The maximum Gasteiger partial charge on any atom is 0.230 e. The maximum absolute atomic E-state index is 13.1. The van der Waals surface area contributed by atoms with E-state index in [2.05, 4.69) is 31.2 Å². The fraction of sp³-hybridized carbons (Fsp3) is 0.0909. The number of aryl methyl sites for hydroxylation is 1. The van der Waals surface area contributed by atoms with Crippen LogP contribution in [0.2, 0.25) is 0 Å². The van der Waals surface area contributed by atoms with Crippen LogP contribution in [0.3, 0.4) is 0 Å². The van der Waals surface area contributed by atoms with Crippen LogP contribution in [0.25, 0.3) is 0 Å². The van der Waals surface area contributed by atoms with Gasteiger partial charge in [-0.3, -0.25) is 0 Å². The lowest BCUT2D eigenvalue weighted by molar-refractivity contribution is 0.619. The van der Waals surface area contributed by atoms with E-state index >= 15 is 0 Å². The van der Waals surface area contributed by atoms with Crippen molar-refractivity contribution < 1.29 is 4.39 Å². The molecule has 0 amide bonds. The van der Waals surface area contributed by atoms with Gasteiger partial charge in [-0.05, 0) is 46.6 Å². The first-order valence-electron chi connectivity index (χ1n) is 4.88. The van der Waals surface area contributed by atoms with E-state index in [1.807, 2.05) is 0 Å². The number of nitrogen functional groups attached to an aromatic ring is 1. The lowest BCUT2D eigenvalue weighted by Gasteiger charge is -2.07. The monoisotopic (exact) mass is 296 g/mol. The Hall–Kier alpha value is -1.69. The zero-order valence-electron chi connectivity index (χ0n) is 9.04. The van der Waals surface area contributed by atoms with Crippen molar-refractivity contribution in [1.82, 2.24) is 9.97 Å². The SMILES string of the molecule is Cc1cc(Nc2nc(N)cc(Br)n2)ccc1F. The normalized spacial score (nSPS) is 10.3. The zero-order valence-corrected chi connectivity index (χ0v) is 10.6. The molecule has 6 heteroatoms. The van der Waals surface area contributed by atoms with Crippen LogP contribution in [0.1, 0.15) is 5.56 Å². The van der Waals surface area contributed by atoms with E-state index in [0.717, 1.165) is 0 Å². The summed E-state index contributed by atoms with van der Waals surface area (Å²) in [5, 5.41) is 2.95. The van der Waals surface area contributed by atoms with E-state index in [9.17, 15) is 4.39 Å². The van der Waals surface area contributed by atoms with Crippen LogP contribution in [0, 0.1) is 12.7 Å². The van der Waals surface area contributed by atoms with Crippen molar-refractivity contribution in [3.05, 3.63) is 40.2 Å². The van der Waals surface area contributed by atoms with E-state index in [0.29, 0.717) is 27.6 Å². The highest BCUT2D eigenvalue weighted by Crippen LogP contribution is 2.19. The Bertz CT molecular complexity index is 539. The Balaban J connectivity index is 2.28. The molecule has 0 radical (unpaired) electrons. The number of aromatic nitrogens is 2. The van der Waals surface area contributed by atoms with Crippen molar-refractivity contribution >= 4 is 33.4 Å². The summed E-state index contributed by atoms with van der Waals surface area (Å²) >= 11 is 3.22. The fourth-order valence-electron chi connectivity index (χ4n) is 1.34. The standard InChI is InChI=1S/C11H10BrFN4/c1-6-4-7(2-3-8(6)13)15-11-16-9(12)5-10(14)17-11/h2-5H,1H3,(H3,14,15,16,17). The molecule has 3 N–H and O–H groups in total. The van der Waals surface area contributed by atoms with Gasteiger partial charge in [0.05, 0.1) is 0 Å². The summed E-state index contributed by atoms with van der Waals surface area (Å²) in [6.45, 7) is 1.69. The van der Waals surface area contributed by atoms with Gasteiger partial charge in [0.1, 0.15) is 16.2 Å². The van der Waals surface area contributed by atoms with Gasteiger partial charge in [0.2, 0.25) is 5.95 Å². The van der Waals surface area contributed by atoms with Crippen molar-refractivity contribution in [2.24, 2.45) is 0 Å². The number of nitrogens with two attached hydrogens (primary N) is 1. The molecule has 0 aliphatic heterocycles. The van der Waals surface area contributed by atoms with Gasteiger partial charge in [-0.1, -0.05) is 0 Å². The summed E-state index contributed by atoms with van der Waals surface area (Å²) < 4.78 is 13.7. The average Bonchev–Trinajstić information content (AvgIpc) is 2.22. The topological polar surface area (TPSA) is 63.8 Å². The van der Waals surface area contributed by atoms with Gasteiger partial charge < -0.3 is 11.1 Å². The third-order valence-electron chi connectivity index (χ3n) is 2.13. The van der Waals surface area contributed by atoms with Crippen molar-refractivity contribution in [3.63, 3.8) is 0 Å².